The van der Waals surface area contributed by atoms with Gasteiger partial charge in [0.1, 0.15) is 5.58 Å². The summed E-state index contributed by atoms with van der Waals surface area (Å²) in [5.41, 5.74) is 7.17. The van der Waals surface area contributed by atoms with Crippen LogP contribution in [0.4, 0.5) is 0 Å². The van der Waals surface area contributed by atoms with Crippen LogP contribution in [0.15, 0.2) is 82.0 Å². The van der Waals surface area contributed by atoms with Crippen molar-refractivity contribution >= 4 is 11.0 Å². The number of hydrogen-bond donors (Lipinski definition) is 0. The average molecular weight is 326 g/mol. The number of aryl methyl sites for hydroxylation is 2. The number of benzene rings is 3. The number of fused-ring (bicyclic) bond motifs is 1. The molecular weight excluding hydrogens is 308 g/mol. The van der Waals surface area contributed by atoms with Crippen LogP contribution in [0.25, 0.3) is 33.2 Å². The minimum Gasteiger partial charge on any atom is -0.423 e. The first kappa shape index (κ1) is 15.4. The van der Waals surface area contributed by atoms with Crippen molar-refractivity contribution < 1.29 is 4.42 Å². The normalized spacial score (nSPS) is 11.0. The Labute approximate surface area is 146 Å². The molecule has 2 nitrogen and oxygen atoms in total. The molecule has 0 fully saturated rings. The van der Waals surface area contributed by atoms with Crippen molar-refractivity contribution in [3.63, 3.8) is 0 Å². The van der Waals surface area contributed by atoms with E-state index in [4.69, 9.17) is 4.42 Å². The maximum atomic E-state index is 11.6. The van der Waals surface area contributed by atoms with Gasteiger partial charge in [0.15, 0.2) is 0 Å². The van der Waals surface area contributed by atoms with E-state index in [1.54, 1.807) is 0 Å². The van der Waals surface area contributed by atoms with Crippen LogP contribution in [0.2, 0.25) is 0 Å². The van der Waals surface area contributed by atoms with Crippen molar-refractivity contribution in [2.75, 3.05) is 0 Å². The molecule has 3 aromatic carbocycles. The predicted molar refractivity (Wildman–Crippen MR) is 103 cm³/mol. The third kappa shape index (κ3) is 2.99. The molecular formula is C23H18O2. The zero-order valence-corrected chi connectivity index (χ0v) is 14.2. The van der Waals surface area contributed by atoms with Gasteiger partial charge in [-0.2, -0.15) is 0 Å². The summed E-state index contributed by atoms with van der Waals surface area (Å²) in [4.78, 5) is 11.6. The van der Waals surface area contributed by atoms with Gasteiger partial charge in [0.2, 0.25) is 0 Å². The molecule has 0 atom stereocenters. The molecule has 0 unspecified atom stereocenters. The van der Waals surface area contributed by atoms with Gasteiger partial charge in [-0.05, 0) is 54.3 Å². The molecule has 4 aromatic rings. The van der Waals surface area contributed by atoms with Gasteiger partial charge in [0.25, 0.3) is 0 Å². The molecule has 0 aliphatic rings. The molecule has 2 heteroatoms. The first-order chi connectivity index (χ1) is 12.1. The second-order valence-electron chi connectivity index (χ2n) is 6.42. The molecule has 0 saturated heterocycles. The van der Waals surface area contributed by atoms with E-state index in [1.165, 1.54) is 17.2 Å². The molecule has 0 bridgehead atoms. The molecule has 0 amide bonds. The van der Waals surface area contributed by atoms with Gasteiger partial charge in [-0.3, -0.25) is 0 Å². The second-order valence-corrected chi connectivity index (χ2v) is 6.42. The van der Waals surface area contributed by atoms with E-state index >= 15 is 0 Å². The SMILES string of the molecule is Cc1ccc(-c2cc3ccc(=O)oc3cc2-c2ccc(C)cc2)cc1. The quantitative estimate of drug-likeness (QED) is 0.439. The Bertz CT molecular complexity index is 1100. The van der Waals surface area contributed by atoms with E-state index in [1.807, 2.05) is 12.1 Å². The van der Waals surface area contributed by atoms with E-state index in [0.717, 1.165) is 27.6 Å². The van der Waals surface area contributed by atoms with Crippen LogP contribution in [-0.4, -0.2) is 0 Å². The van der Waals surface area contributed by atoms with E-state index in [-0.39, 0.29) is 5.63 Å². The Morgan fingerprint density at radius 2 is 1.16 bits per heavy atom. The van der Waals surface area contributed by atoms with E-state index < -0.39 is 0 Å². The lowest BCUT2D eigenvalue weighted by molar-refractivity contribution is 0.561. The van der Waals surface area contributed by atoms with Gasteiger partial charge >= 0.3 is 5.63 Å². The Kier molecular flexibility index (Phi) is 3.73. The molecule has 0 aliphatic heterocycles. The van der Waals surface area contributed by atoms with Gasteiger partial charge < -0.3 is 4.42 Å². The molecule has 1 aromatic heterocycles. The average Bonchev–Trinajstić information content (AvgIpc) is 2.62. The monoisotopic (exact) mass is 326 g/mol. The van der Waals surface area contributed by atoms with Gasteiger partial charge in [-0.15, -0.1) is 0 Å². The van der Waals surface area contributed by atoms with Gasteiger partial charge in [0.05, 0.1) is 0 Å². The Hall–Kier alpha value is -3.13. The zero-order chi connectivity index (χ0) is 17.4. The van der Waals surface area contributed by atoms with Crippen molar-refractivity contribution in [3.8, 4) is 22.3 Å². The number of rotatable bonds is 2. The Morgan fingerprint density at radius 1 is 0.640 bits per heavy atom. The third-order valence-electron chi connectivity index (χ3n) is 4.48. The highest BCUT2D eigenvalue weighted by atomic mass is 16.4. The summed E-state index contributed by atoms with van der Waals surface area (Å²) in [6, 6.07) is 24.2. The fourth-order valence-corrected chi connectivity index (χ4v) is 3.06. The van der Waals surface area contributed by atoms with E-state index in [9.17, 15) is 4.79 Å². The summed E-state index contributed by atoms with van der Waals surface area (Å²) in [7, 11) is 0. The maximum Gasteiger partial charge on any atom is 0.336 e. The molecule has 0 aliphatic carbocycles. The number of hydrogen-bond acceptors (Lipinski definition) is 2. The summed E-state index contributed by atoms with van der Waals surface area (Å²) in [5, 5.41) is 0.922. The van der Waals surface area contributed by atoms with Gasteiger partial charge in [0, 0.05) is 11.5 Å². The van der Waals surface area contributed by atoms with Gasteiger partial charge in [-0.1, -0.05) is 59.7 Å². The smallest absolute Gasteiger partial charge is 0.336 e. The minimum absolute atomic E-state index is 0.328. The van der Waals surface area contributed by atoms with Crippen LogP contribution < -0.4 is 5.63 Å². The van der Waals surface area contributed by atoms with Crippen molar-refractivity contribution in [3.05, 3.63) is 94.3 Å². The molecule has 4 rings (SSSR count). The standard InChI is InChI=1S/C23H18O2/c1-15-3-7-17(8-4-15)20-13-19-11-12-23(24)25-22(19)14-21(20)18-9-5-16(2)6-10-18/h3-14H,1-2H3. The zero-order valence-electron chi connectivity index (χ0n) is 14.2. The molecule has 0 spiro atoms. The first-order valence-corrected chi connectivity index (χ1v) is 8.32. The Morgan fingerprint density at radius 3 is 1.72 bits per heavy atom. The molecule has 122 valence electrons. The van der Waals surface area contributed by atoms with Crippen LogP contribution in [0, 0.1) is 13.8 Å². The molecule has 0 N–H and O–H groups in total. The topological polar surface area (TPSA) is 30.2 Å². The summed E-state index contributed by atoms with van der Waals surface area (Å²) >= 11 is 0. The second kappa shape index (κ2) is 6.06. The van der Waals surface area contributed by atoms with Crippen LogP contribution in [0.3, 0.4) is 0 Å². The minimum atomic E-state index is -0.328. The molecule has 0 saturated carbocycles. The largest absolute Gasteiger partial charge is 0.423 e. The van der Waals surface area contributed by atoms with Crippen molar-refractivity contribution in [2.24, 2.45) is 0 Å². The summed E-state index contributed by atoms with van der Waals surface area (Å²) in [5.74, 6) is 0. The van der Waals surface area contributed by atoms with Crippen molar-refractivity contribution in [2.45, 2.75) is 13.8 Å². The summed E-state index contributed by atoms with van der Waals surface area (Å²) in [6.07, 6.45) is 0. The van der Waals surface area contributed by atoms with Crippen LogP contribution >= 0.6 is 0 Å². The molecule has 1 heterocycles. The predicted octanol–water partition coefficient (Wildman–Crippen LogP) is 5.74. The highest BCUT2D eigenvalue weighted by molar-refractivity contribution is 5.93. The van der Waals surface area contributed by atoms with E-state index in [2.05, 4.69) is 68.4 Å². The lowest BCUT2D eigenvalue weighted by Crippen LogP contribution is -1.95. The molecule has 25 heavy (non-hydrogen) atoms. The Balaban J connectivity index is 2.02. The highest BCUT2D eigenvalue weighted by Gasteiger charge is 2.11. The van der Waals surface area contributed by atoms with Crippen molar-refractivity contribution in [1.82, 2.24) is 0 Å². The first-order valence-electron chi connectivity index (χ1n) is 8.32. The van der Waals surface area contributed by atoms with Crippen molar-refractivity contribution in [1.29, 1.82) is 0 Å². The fourth-order valence-electron chi connectivity index (χ4n) is 3.06. The van der Waals surface area contributed by atoms with E-state index in [0.29, 0.717) is 5.58 Å². The summed E-state index contributed by atoms with van der Waals surface area (Å²) < 4.78 is 5.40. The lowest BCUT2D eigenvalue weighted by atomic mass is 9.92. The highest BCUT2D eigenvalue weighted by Crippen LogP contribution is 2.35. The van der Waals surface area contributed by atoms with Crippen LogP contribution in [0.1, 0.15) is 11.1 Å². The van der Waals surface area contributed by atoms with Gasteiger partial charge in [-0.25, -0.2) is 4.79 Å². The summed E-state index contributed by atoms with van der Waals surface area (Å²) in [6.45, 7) is 4.16. The fraction of sp³-hybridized carbons (Fsp3) is 0.0870. The van der Waals surface area contributed by atoms with Crippen LogP contribution in [-0.2, 0) is 0 Å². The third-order valence-corrected chi connectivity index (χ3v) is 4.48. The van der Waals surface area contributed by atoms with Crippen LogP contribution in [0.5, 0.6) is 0 Å². The maximum absolute atomic E-state index is 11.6. The molecule has 0 radical (unpaired) electrons. The lowest BCUT2D eigenvalue weighted by Gasteiger charge is -2.12.